The number of nitrogens with zero attached hydrogens (tertiary/aromatic N) is 2. The van der Waals surface area contributed by atoms with E-state index in [1.54, 1.807) is 18.2 Å². The van der Waals surface area contributed by atoms with Gasteiger partial charge in [0.05, 0.1) is 10.6 Å². The highest BCUT2D eigenvalue weighted by Crippen LogP contribution is 2.23. The molecular formula is C18H20FN3O3S. The van der Waals surface area contributed by atoms with Gasteiger partial charge in [-0.2, -0.15) is 4.31 Å². The van der Waals surface area contributed by atoms with Crippen molar-refractivity contribution in [2.75, 3.05) is 38.1 Å². The number of amides is 1. The van der Waals surface area contributed by atoms with Crippen LogP contribution in [0.4, 0.5) is 10.1 Å². The molecule has 0 aromatic heterocycles. The highest BCUT2D eigenvalue weighted by atomic mass is 32.2. The number of hydrogen-bond acceptors (Lipinski definition) is 4. The van der Waals surface area contributed by atoms with Crippen molar-refractivity contribution >= 4 is 21.6 Å². The summed E-state index contributed by atoms with van der Waals surface area (Å²) in [4.78, 5) is 13.6. The maximum atomic E-state index is 13.9. The lowest BCUT2D eigenvalue weighted by Crippen LogP contribution is -2.48. The maximum absolute atomic E-state index is 13.9. The fraction of sp³-hybridized carbons (Fsp3) is 0.278. The molecule has 0 atom stereocenters. The number of carbonyl (C=O) groups excluding carboxylic acids is 1. The molecule has 1 aliphatic rings. The van der Waals surface area contributed by atoms with Crippen LogP contribution in [-0.4, -0.2) is 51.9 Å². The smallest absolute Gasteiger partial charge is 0.251 e. The summed E-state index contributed by atoms with van der Waals surface area (Å²) in [5, 5.41) is 2.49. The first-order chi connectivity index (χ1) is 12.4. The first-order valence-electron chi connectivity index (χ1n) is 8.25. The van der Waals surface area contributed by atoms with Crippen LogP contribution in [0.3, 0.4) is 0 Å². The minimum absolute atomic E-state index is 0.143. The third kappa shape index (κ3) is 3.56. The second kappa shape index (κ2) is 7.43. The second-order valence-electron chi connectivity index (χ2n) is 5.95. The van der Waals surface area contributed by atoms with Gasteiger partial charge in [-0.3, -0.25) is 4.79 Å². The van der Waals surface area contributed by atoms with Gasteiger partial charge in [0.15, 0.2) is 0 Å². The SMILES string of the molecule is CNC(=O)c1ccc(S(=O)(=O)N2CCN(c3ccccc3F)CC2)cc1. The van der Waals surface area contributed by atoms with E-state index in [9.17, 15) is 17.6 Å². The van der Waals surface area contributed by atoms with Crippen LogP contribution in [-0.2, 0) is 10.0 Å². The van der Waals surface area contributed by atoms with Gasteiger partial charge in [-0.1, -0.05) is 12.1 Å². The van der Waals surface area contributed by atoms with Crippen LogP contribution >= 0.6 is 0 Å². The first kappa shape index (κ1) is 18.3. The number of benzene rings is 2. The number of para-hydroxylation sites is 1. The van der Waals surface area contributed by atoms with Crippen molar-refractivity contribution in [3.8, 4) is 0 Å². The molecule has 138 valence electrons. The number of nitrogens with one attached hydrogen (secondary N) is 1. The molecule has 6 nitrogen and oxygen atoms in total. The minimum Gasteiger partial charge on any atom is -0.367 e. The third-order valence-corrected chi connectivity index (χ3v) is 6.33. The number of sulfonamides is 1. The Balaban J connectivity index is 1.72. The standard InChI is InChI=1S/C18H20FN3O3S/c1-20-18(23)14-6-8-15(9-7-14)26(24,25)22-12-10-21(11-13-22)17-5-3-2-4-16(17)19/h2-9H,10-13H2,1H3,(H,20,23). The molecule has 8 heteroatoms. The van der Waals surface area contributed by atoms with E-state index >= 15 is 0 Å². The van der Waals surface area contributed by atoms with Gasteiger partial charge in [0.2, 0.25) is 10.0 Å². The summed E-state index contributed by atoms with van der Waals surface area (Å²) in [7, 11) is -2.13. The Labute approximate surface area is 152 Å². The molecule has 2 aromatic rings. The largest absolute Gasteiger partial charge is 0.367 e. The number of rotatable bonds is 4. The Morgan fingerprint density at radius 2 is 1.62 bits per heavy atom. The molecule has 1 fully saturated rings. The van der Waals surface area contributed by atoms with Gasteiger partial charge in [-0.15, -0.1) is 0 Å². The molecular weight excluding hydrogens is 357 g/mol. The van der Waals surface area contributed by atoms with Crippen molar-refractivity contribution in [1.29, 1.82) is 0 Å². The van der Waals surface area contributed by atoms with Crippen molar-refractivity contribution in [2.24, 2.45) is 0 Å². The number of anilines is 1. The summed E-state index contributed by atoms with van der Waals surface area (Å²) >= 11 is 0. The van der Waals surface area contributed by atoms with Crippen LogP contribution in [0, 0.1) is 5.82 Å². The molecule has 0 radical (unpaired) electrons. The van der Waals surface area contributed by atoms with E-state index in [0.29, 0.717) is 24.3 Å². The van der Waals surface area contributed by atoms with E-state index in [-0.39, 0.29) is 29.7 Å². The van der Waals surface area contributed by atoms with Crippen LogP contribution in [0.2, 0.25) is 0 Å². The van der Waals surface area contributed by atoms with E-state index in [0.717, 1.165) is 0 Å². The first-order valence-corrected chi connectivity index (χ1v) is 9.69. The van der Waals surface area contributed by atoms with Crippen molar-refractivity contribution < 1.29 is 17.6 Å². The molecule has 0 saturated carbocycles. The van der Waals surface area contributed by atoms with Crippen LogP contribution in [0.1, 0.15) is 10.4 Å². The lowest BCUT2D eigenvalue weighted by molar-refractivity contribution is 0.0963. The molecule has 1 heterocycles. The summed E-state index contributed by atoms with van der Waals surface area (Å²) in [6, 6.07) is 12.3. The predicted octanol–water partition coefficient (Wildman–Crippen LogP) is 1.70. The van der Waals surface area contributed by atoms with Gasteiger partial charge < -0.3 is 10.2 Å². The zero-order valence-corrected chi connectivity index (χ0v) is 15.2. The second-order valence-corrected chi connectivity index (χ2v) is 7.88. The highest BCUT2D eigenvalue weighted by Gasteiger charge is 2.29. The summed E-state index contributed by atoms with van der Waals surface area (Å²) in [6.07, 6.45) is 0. The predicted molar refractivity (Wildman–Crippen MR) is 97.2 cm³/mol. The number of piperazine rings is 1. The molecule has 0 bridgehead atoms. The van der Waals surface area contributed by atoms with Gasteiger partial charge in [-0.05, 0) is 36.4 Å². The lowest BCUT2D eigenvalue weighted by atomic mass is 10.2. The van der Waals surface area contributed by atoms with Gasteiger partial charge in [-0.25, -0.2) is 12.8 Å². The summed E-state index contributed by atoms with van der Waals surface area (Å²) < 4.78 is 40.8. The zero-order chi connectivity index (χ0) is 18.7. The quantitative estimate of drug-likeness (QED) is 0.881. The van der Waals surface area contributed by atoms with Crippen molar-refractivity contribution in [3.05, 3.63) is 59.9 Å². The van der Waals surface area contributed by atoms with E-state index in [1.165, 1.54) is 41.7 Å². The van der Waals surface area contributed by atoms with Crippen LogP contribution in [0.15, 0.2) is 53.4 Å². The minimum atomic E-state index is -3.65. The molecule has 1 saturated heterocycles. The topological polar surface area (TPSA) is 69.7 Å². The van der Waals surface area contributed by atoms with Crippen molar-refractivity contribution in [1.82, 2.24) is 9.62 Å². The molecule has 1 amide bonds. The average Bonchev–Trinajstić information content (AvgIpc) is 2.68. The zero-order valence-electron chi connectivity index (χ0n) is 14.4. The van der Waals surface area contributed by atoms with E-state index in [2.05, 4.69) is 5.32 Å². The van der Waals surface area contributed by atoms with E-state index < -0.39 is 10.0 Å². The Morgan fingerprint density at radius 1 is 1.00 bits per heavy atom. The van der Waals surface area contributed by atoms with Gasteiger partial charge in [0, 0.05) is 38.8 Å². The lowest BCUT2D eigenvalue weighted by Gasteiger charge is -2.35. The van der Waals surface area contributed by atoms with Gasteiger partial charge >= 0.3 is 0 Å². The maximum Gasteiger partial charge on any atom is 0.251 e. The molecule has 26 heavy (non-hydrogen) atoms. The van der Waals surface area contributed by atoms with Gasteiger partial charge in [0.1, 0.15) is 5.82 Å². The Kier molecular flexibility index (Phi) is 5.24. The Morgan fingerprint density at radius 3 is 2.19 bits per heavy atom. The summed E-state index contributed by atoms with van der Waals surface area (Å²) in [6.45, 7) is 1.37. The van der Waals surface area contributed by atoms with Gasteiger partial charge in [0.25, 0.3) is 5.91 Å². The normalized spacial score (nSPS) is 15.7. The average molecular weight is 377 g/mol. The van der Waals surface area contributed by atoms with E-state index in [4.69, 9.17) is 0 Å². The molecule has 3 rings (SSSR count). The number of hydrogen-bond donors (Lipinski definition) is 1. The molecule has 2 aromatic carbocycles. The fourth-order valence-electron chi connectivity index (χ4n) is 2.95. The van der Waals surface area contributed by atoms with Crippen molar-refractivity contribution in [2.45, 2.75) is 4.90 Å². The monoisotopic (exact) mass is 377 g/mol. The Hall–Kier alpha value is -2.45. The Bertz CT molecular complexity index is 892. The van der Waals surface area contributed by atoms with Crippen LogP contribution < -0.4 is 10.2 Å². The molecule has 1 aliphatic heterocycles. The highest BCUT2D eigenvalue weighted by molar-refractivity contribution is 7.89. The molecule has 1 N–H and O–H groups in total. The molecule has 0 unspecified atom stereocenters. The van der Waals surface area contributed by atoms with Crippen LogP contribution in [0.5, 0.6) is 0 Å². The fourth-order valence-corrected chi connectivity index (χ4v) is 4.37. The molecule has 0 spiro atoms. The van der Waals surface area contributed by atoms with E-state index in [1.807, 2.05) is 4.90 Å². The van der Waals surface area contributed by atoms with Crippen molar-refractivity contribution in [3.63, 3.8) is 0 Å². The summed E-state index contributed by atoms with van der Waals surface area (Å²) in [5.41, 5.74) is 0.885. The molecule has 0 aliphatic carbocycles. The van der Waals surface area contributed by atoms with Crippen LogP contribution in [0.25, 0.3) is 0 Å². The third-order valence-electron chi connectivity index (χ3n) is 4.41. The summed E-state index contributed by atoms with van der Waals surface area (Å²) in [5.74, 6) is -0.582. The number of carbonyl (C=O) groups is 1. The number of halogens is 1.